The van der Waals surface area contributed by atoms with E-state index in [0.717, 1.165) is 0 Å². The van der Waals surface area contributed by atoms with Gasteiger partial charge in [-0.3, -0.25) is 0 Å². The average Bonchev–Trinajstić information content (AvgIpc) is 2.35. The molecule has 0 radical (unpaired) electrons. The van der Waals surface area contributed by atoms with Gasteiger partial charge in [-0.25, -0.2) is 17.9 Å². The molecule has 4 N–H and O–H groups in total. The van der Waals surface area contributed by atoms with Gasteiger partial charge in [0.2, 0.25) is 10.0 Å². The van der Waals surface area contributed by atoms with Crippen LogP contribution < -0.4 is 15.6 Å². The van der Waals surface area contributed by atoms with E-state index in [-0.39, 0.29) is 27.6 Å². The molecule has 0 amide bonds. The fourth-order valence-electron chi connectivity index (χ4n) is 1.76. The highest BCUT2D eigenvalue weighted by Crippen LogP contribution is 2.33. The summed E-state index contributed by atoms with van der Waals surface area (Å²) in [5, 5.41) is 5.12. The molecule has 0 aliphatic heterocycles. The highest BCUT2D eigenvalue weighted by molar-refractivity contribution is 9.10. The van der Waals surface area contributed by atoms with Crippen molar-refractivity contribution in [2.24, 2.45) is 5.14 Å². The summed E-state index contributed by atoms with van der Waals surface area (Å²) in [6.45, 7) is 1.51. The van der Waals surface area contributed by atoms with Crippen molar-refractivity contribution in [2.75, 3.05) is 5.73 Å². The van der Waals surface area contributed by atoms with E-state index in [4.69, 9.17) is 15.6 Å². The van der Waals surface area contributed by atoms with Crippen LogP contribution in [-0.2, 0) is 10.0 Å². The molecule has 2 aromatic rings. The molecule has 2 rings (SSSR count). The first-order chi connectivity index (χ1) is 9.68. The minimum absolute atomic E-state index is 0.0488. The van der Waals surface area contributed by atoms with Gasteiger partial charge in [0.25, 0.3) is 0 Å². The van der Waals surface area contributed by atoms with Crippen LogP contribution in [0.15, 0.2) is 39.7 Å². The Kier molecular flexibility index (Phi) is 4.22. The van der Waals surface area contributed by atoms with Crippen molar-refractivity contribution in [3.8, 4) is 11.5 Å². The van der Waals surface area contributed by atoms with Gasteiger partial charge in [-0.05, 0) is 31.2 Å². The van der Waals surface area contributed by atoms with Crippen molar-refractivity contribution < 1.29 is 17.5 Å². The van der Waals surface area contributed by atoms with E-state index >= 15 is 0 Å². The topological polar surface area (TPSA) is 95.4 Å². The number of anilines is 1. The third kappa shape index (κ3) is 3.52. The maximum atomic E-state index is 13.8. The van der Waals surface area contributed by atoms with Crippen molar-refractivity contribution in [1.29, 1.82) is 0 Å². The minimum Gasteiger partial charge on any atom is -0.454 e. The van der Waals surface area contributed by atoms with Crippen LogP contribution in [0.3, 0.4) is 0 Å². The summed E-state index contributed by atoms with van der Waals surface area (Å²) in [5.74, 6) is -0.518. The van der Waals surface area contributed by atoms with Gasteiger partial charge in [-0.2, -0.15) is 0 Å². The number of nitrogen functional groups attached to an aromatic ring is 1. The second kappa shape index (κ2) is 5.63. The Morgan fingerprint density at radius 2 is 1.86 bits per heavy atom. The third-order valence-corrected chi connectivity index (χ3v) is 4.29. The summed E-state index contributed by atoms with van der Waals surface area (Å²) in [6.07, 6.45) is 0. The second-order valence-corrected chi connectivity index (χ2v) is 6.81. The number of hydrogen-bond acceptors (Lipinski definition) is 4. The first-order valence-electron chi connectivity index (χ1n) is 5.74. The molecule has 0 aliphatic carbocycles. The van der Waals surface area contributed by atoms with Crippen LogP contribution in [0.5, 0.6) is 11.5 Å². The summed E-state index contributed by atoms with van der Waals surface area (Å²) in [4.78, 5) is -0.157. The molecule has 0 spiro atoms. The number of nitrogens with two attached hydrogens (primary N) is 2. The number of rotatable bonds is 3. The molecular formula is C13H12BrFN2O3S. The third-order valence-electron chi connectivity index (χ3n) is 2.76. The van der Waals surface area contributed by atoms with Gasteiger partial charge in [0.15, 0.2) is 11.6 Å². The lowest BCUT2D eigenvalue weighted by atomic mass is 10.2. The van der Waals surface area contributed by atoms with Gasteiger partial charge in [0.05, 0.1) is 4.90 Å². The van der Waals surface area contributed by atoms with E-state index in [1.165, 1.54) is 31.2 Å². The van der Waals surface area contributed by atoms with Crippen molar-refractivity contribution in [1.82, 2.24) is 0 Å². The van der Waals surface area contributed by atoms with E-state index in [0.29, 0.717) is 4.47 Å². The monoisotopic (exact) mass is 374 g/mol. The molecule has 112 valence electrons. The lowest BCUT2D eigenvalue weighted by Crippen LogP contribution is -2.14. The standard InChI is InChI=1S/C13H12BrFN2O3S/c1-7-12(5-9(16)6-13(7)21(17,18)19)20-11-3-2-8(14)4-10(11)15/h2-6H,16H2,1H3,(H2,17,18,19). The number of halogens is 2. The number of primary sulfonamides is 1. The van der Waals surface area contributed by atoms with Crippen LogP contribution in [0.4, 0.5) is 10.1 Å². The van der Waals surface area contributed by atoms with Gasteiger partial charge in [-0.15, -0.1) is 0 Å². The fraction of sp³-hybridized carbons (Fsp3) is 0.0769. The summed E-state index contributed by atoms with van der Waals surface area (Å²) in [5.41, 5.74) is 6.05. The highest BCUT2D eigenvalue weighted by atomic mass is 79.9. The van der Waals surface area contributed by atoms with E-state index in [1.54, 1.807) is 6.07 Å². The van der Waals surface area contributed by atoms with Gasteiger partial charge in [0.1, 0.15) is 5.75 Å². The molecule has 0 fully saturated rings. The quantitative estimate of drug-likeness (QED) is 0.807. The van der Waals surface area contributed by atoms with Crippen molar-refractivity contribution >= 4 is 31.6 Å². The Balaban J connectivity index is 2.52. The zero-order valence-corrected chi connectivity index (χ0v) is 13.3. The van der Waals surface area contributed by atoms with Crippen LogP contribution in [-0.4, -0.2) is 8.42 Å². The molecule has 0 heterocycles. The van der Waals surface area contributed by atoms with Crippen LogP contribution in [0.2, 0.25) is 0 Å². The number of benzene rings is 2. The number of hydrogen-bond donors (Lipinski definition) is 2. The summed E-state index contributed by atoms with van der Waals surface area (Å²) in [7, 11) is -3.95. The Hall–Kier alpha value is -1.64. The SMILES string of the molecule is Cc1c(Oc2ccc(Br)cc2F)cc(N)cc1S(N)(=O)=O. The minimum atomic E-state index is -3.95. The van der Waals surface area contributed by atoms with E-state index in [1.807, 2.05) is 0 Å². The zero-order chi connectivity index (χ0) is 15.8. The second-order valence-electron chi connectivity index (χ2n) is 4.36. The molecule has 0 atom stereocenters. The molecule has 5 nitrogen and oxygen atoms in total. The largest absolute Gasteiger partial charge is 0.454 e. The molecule has 21 heavy (non-hydrogen) atoms. The lowest BCUT2D eigenvalue weighted by Gasteiger charge is -2.13. The molecule has 8 heteroatoms. The normalized spacial score (nSPS) is 11.4. The van der Waals surface area contributed by atoms with E-state index in [2.05, 4.69) is 15.9 Å². The first kappa shape index (κ1) is 15.7. The van der Waals surface area contributed by atoms with Crippen molar-refractivity contribution in [3.63, 3.8) is 0 Å². The smallest absolute Gasteiger partial charge is 0.238 e. The maximum Gasteiger partial charge on any atom is 0.238 e. The van der Waals surface area contributed by atoms with Crippen LogP contribution in [0.1, 0.15) is 5.56 Å². The number of ether oxygens (including phenoxy) is 1. The van der Waals surface area contributed by atoms with Crippen molar-refractivity contribution in [2.45, 2.75) is 11.8 Å². The maximum absolute atomic E-state index is 13.8. The molecule has 2 aromatic carbocycles. The van der Waals surface area contributed by atoms with Crippen LogP contribution in [0.25, 0.3) is 0 Å². The Labute approximate surface area is 129 Å². The highest BCUT2D eigenvalue weighted by Gasteiger charge is 2.17. The van der Waals surface area contributed by atoms with Crippen LogP contribution >= 0.6 is 15.9 Å². The molecule has 0 saturated heterocycles. The van der Waals surface area contributed by atoms with E-state index < -0.39 is 15.8 Å². The molecule has 0 saturated carbocycles. The lowest BCUT2D eigenvalue weighted by molar-refractivity contribution is 0.438. The Morgan fingerprint density at radius 1 is 1.19 bits per heavy atom. The molecular weight excluding hydrogens is 363 g/mol. The predicted octanol–water partition coefficient (Wildman–Crippen LogP) is 2.92. The van der Waals surface area contributed by atoms with Gasteiger partial charge in [0, 0.05) is 21.8 Å². The molecule has 0 aliphatic rings. The Morgan fingerprint density at radius 3 is 2.43 bits per heavy atom. The molecule has 0 aromatic heterocycles. The fourth-order valence-corrected chi connectivity index (χ4v) is 2.92. The summed E-state index contributed by atoms with van der Waals surface area (Å²) in [6, 6.07) is 6.89. The van der Waals surface area contributed by atoms with Gasteiger partial charge < -0.3 is 10.5 Å². The number of sulfonamides is 1. The van der Waals surface area contributed by atoms with Crippen LogP contribution in [0, 0.1) is 12.7 Å². The summed E-state index contributed by atoms with van der Waals surface area (Å²) >= 11 is 3.13. The van der Waals surface area contributed by atoms with Gasteiger partial charge >= 0.3 is 0 Å². The average molecular weight is 375 g/mol. The molecule has 0 unspecified atom stereocenters. The molecule has 0 bridgehead atoms. The van der Waals surface area contributed by atoms with Gasteiger partial charge in [-0.1, -0.05) is 15.9 Å². The van der Waals surface area contributed by atoms with Crippen molar-refractivity contribution in [3.05, 3.63) is 46.2 Å². The zero-order valence-electron chi connectivity index (χ0n) is 10.9. The summed E-state index contributed by atoms with van der Waals surface area (Å²) < 4.78 is 42.8. The van der Waals surface area contributed by atoms with E-state index in [9.17, 15) is 12.8 Å². The first-order valence-corrected chi connectivity index (χ1v) is 8.08. The predicted molar refractivity (Wildman–Crippen MR) is 81.1 cm³/mol. The Bertz CT molecular complexity index is 809.